The summed E-state index contributed by atoms with van der Waals surface area (Å²) in [6.45, 7) is 8.16. The summed E-state index contributed by atoms with van der Waals surface area (Å²) in [7, 11) is 0. The van der Waals surface area contributed by atoms with Gasteiger partial charge in [-0.2, -0.15) is 0 Å². The summed E-state index contributed by atoms with van der Waals surface area (Å²) in [5, 5.41) is 11.3. The van der Waals surface area contributed by atoms with Crippen molar-refractivity contribution in [3.05, 3.63) is 35.5 Å². The number of fused-ring (bicyclic) bond motifs is 3. The average molecular weight is 366 g/mol. The Morgan fingerprint density at radius 3 is 2.64 bits per heavy atom. The molecule has 1 atom stereocenters. The summed E-state index contributed by atoms with van der Waals surface area (Å²) < 4.78 is 5.43. The monoisotopic (exact) mass is 365 g/mol. The maximum Gasteiger partial charge on any atom is 0.0594 e. The van der Waals surface area contributed by atoms with Crippen molar-refractivity contribution in [2.24, 2.45) is 0 Å². The van der Waals surface area contributed by atoms with Gasteiger partial charge in [0.25, 0.3) is 0 Å². The van der Waals surface area contributed by atoms with Gasteiger partial charge in [0.1, 0.15) is 0 Å². The zero-order chi connectivity index (χ0) is 16.4. The van der Waals surface area contributed by atoms with Crippen LogP contribution >= 0.6 is 12.4 Å². The van der Waals surface area contributed by atoms with E-state index in [0.717, 1.165) is 58.9 Å². The van der Waals surface area contributed by atoms with Gasteiger partial charge in [0.2, 0.25) is 0 Å². The lowest BCUT2D eigenvalue weighted by molar-refractivity contribution is 0.0329. The smallest absolute Gasteiger partial charge is 0.0594 e. The first kappa shape index (κ1) is 18.7. The highest BCUT2D eigenvalue weighted by atomic mass is 35.5. The van der Waals surface area contributed by atoms with Crippen molar-refractivity contribution in [1.29, 1.82) is 0 Å². The molecule has 2 aliphatic rings. The van der Waals surface area contributed by atoms with Crippen molar-refractivity contribution in [2.45, 2.75) is 12.3 Å². The average Bonchev–Trinajstić information content (AvgIpc) is 2.91. The van der Waals surface area contributed by atoms with Crippen molar-refractivity contribution >= 4 is 23.3 Å². The van der Waals surface area contributed by atoms with Gasteiger partial charge in [-0.1, -0.05) is 18.2 Å². The molecular formula is C19H28ClN3O2. The van der Waals surface area contributed by atoms with E-state index in [0.29, 0.717) is 0 Å². The van der Waals surface area contributed by atoms with Crippen molar-refractivity contribution in [2.75, 3.05) is 59.1 Å². The normalized spacial score (nSPS) is 22.4. The molecule has 5 nitrogen and oxygen atoms in total. The Labute approximate surface area is 155 Å². The summed E-state index contributed by atoms with van der Waals surface area (Å²) in [6, 6.07) is 8.50. The van der Waals surface area contributed by atoms with Gasteiger partial charge in [-0.15, -0.1) is 12.4 Å². The van der Waals surface area contributed by atoms with Crippen LogP contribution in [0.25, 0.3) is 10.9 Å². The molecule has 0 bridgehead atoms. The number of aromatic nitrogens is 1. The first-order valence-electron chi connectivity index (χ1n) is 9.08. The van der Waals surface area contributed by atoms with Gasteiger partial charge in [-0.05, 0) is 18.1 Å². The second-order valence-electron chi connectivity index (χ2n) is 6.95. The van der Waals surface area contributed by atoms with E-state index in [-0.39, 0.29) is 24.9 Å². The summed E-state index contributed by atoms with van der Waals surface area (Å²) in [4.78, 5) is 8.57. The van der Waals surface area contributed by atoms with Gasteiger partial charge in [-0.3, -0.25) is 4.90 Å². The third-order valence-electron chi connectivity index (χ3n) is 5.47. The molecule has 2 N–H and O–H groups in total. The summed E-state index contributed by atoms with van der Waals surface area (Å²) >= 11 is 0. The van der Waals surface area contributed by atoms with Crippen LogP contribution in [0.4, 0.5) is 0 Å². The van der Waals surface area contributed by atoms with Crippen molar-refractivity contribution in [3.8, 4) is 0 Å². The highest BCUT2D eigenvalue weighted by molar-refractivity contribution is 5.85. The van der Waals surface area contributed by atoms with Crippen LogP contribution in [0.1, 0.15) is 17.2 Å². The molecule has 1 unspecified atom stereocenters. The number of aromatic amines is 1. The van der Waals surface area contributed by atoms with E-state index in [1.54, 1.807) is 0 Å². The molecule has 6 heteroatoms. The zero-order valence-electron chi connectivity index (χ0n) is 14.6. The minimum atomic E-state index is 0. The van der Waals surface area contributed by atoms with Gasteiger partial charge in [0, 0.05) is 61.8 Å². The number of benzene rings is 1. The third-order valence-corrected chi connectivity index (χ3v) is 5.47. The number of hydrogen-bond acceptors (Lipinski definition) is 4. The molecule has 2 aliphatic heterocycles. The van der Waals surface area contributed by atoms with Crippen LogP contribution in [0.2, 0.25) is 0 Å². The Hall–Kier alpha value is -1.11. The predicted octanol–water partition coefficient (Wildman–Crippen LogP) is 1.86. The number of rotatable bonds is 4. The largest absolute Gasteiger partial charge is 0.396 e. The molecule has 1 saturated heterocycles. The van der Waals surface area contributed by atoms with Crippen LogP contribution < -0.4 is 0 Å². The number of hydrogen-bond donors (Lipinski definition) is 2. The molecule has 0 amide bonds. The highest BCUT2D eigenvalue weighted by Crippen LogP contribution is 2.31. The topological polar surface area (TPSA) is 51.7 Å². The number of ether oxygens (including phenoxy) is 1. The molecule has 0 aliphatic carbocycles. The number of para-hydroxylation sites is 1. The van der Waals surface area contributed by atoms with Crippen LogP contribution in [0.3, 0.4) is 0 Å². The number of aliphatic hydroxyl groups excluding tert-OH is 1. The van der Waals surface area contributed by atoms with Crippen molar-refractivity contribution < 1.29 is 9.84 Å². The summed E-state index contributed by atoms with van der Waals surface area (Å²) in [5.41, 5.74) is 3.84. The Morgan fingerprint density at radius 1 is 1.08 bits per heavy atom. The van der Waals surface area contributed by atoms with E-state index in [1.807, 2.05) is 0 Å². The lowest BCUT2D eigenvalue weighted by Gasteiger charge is -2.30. The minimum absolute atomic E-state index is 0. The van der Waals surface area contributed by atoms with Gasteiger partial charge in [0.05, 0.1) is 19.8 Å². The summed E-state index contributed by atoms with van der Waals surface area (Å²) in [6.07, 6.45) is 1.05. The Morgan fingerprint density at radius 2 is 1.84 bits per heavy atom. The third kappa shape index (κ3) is 4.01. The fourth-order valence-electron chi connectivity index (χ4n) is 4.06. The molecule has 4 rings (SSSR count). The van der Waals surface area contributed by atoms with E-state index in [9.17, 15) is 5.11 Å². The molecule has 25 heavy (non-hydrogen) atoms. The lowest BCUT2D eigenvalue weighted by Crippen LogP contribution is -2.42. The fraction of sp³-hybridized carbons (Fsp3) is 0.579. The van der Waals surface area contributed by atoms with Gasteiger partial charge in [-0.25, -0.2) is 0 Å². The molecule has 1 aromatic carbocycles. The second kappa shape index (κ2) is 8.52. The minimum Gasteiger partial charge on any atom is -0.396 e. The number of halogens is 1. The number of aliphatic hydroxyl groups is 1. The lowest BCUT2D eigenvalue weighted by atomic mass is 10.0. The number of nitrogens with one attached hydrogen (secondary N) is 1. The van der Waals surface area contributed by atoms with Crippen molar-refractivity contribution in [3.63, 3.8) is 0 Å². The quantitative estimate of drug-likeness (QED) is 0.868. The standard InChI is InChI=1S/C19H27N3O2.ClH/c23-14-15-13-22(8-7-21-9-11-24-12-10-21)6-5-17-16-3-1-2-4-18(16)20-19(15)17;/h1-4,15,20,23H,5-14H2;1H. The molecule has 0 radical (unpaired) electrons. The van der Waals surface area contributed by atoms with E-state index in [4.69, 9.17) is 4.74 Å². The van der Waals surface area contributed by atoms with Gasteiger partial charge < -0.3 is 19.7 Å². The van der Waals surface area contributed by atoms with Gasteiger partial charge >= 0.3 is 0 Å². The van der Waals surface area contributed by atoms with Crippen molar-refractivity contribution in [1.82, 2.24) is 14.8 Å². The Kier molecular flexibility index (Phi) is 6.36. The summed E-state index contributed by atoms with van der Waals surface area (Å²) in [5.74, 6) is 0.180. The van der Waals surface area contributed by atoms with Crippen LogP contribution in [0, 0.1) is 0 Å². The first-order chi connectivity index (χ1) is 11.8. The molecular weight excluding hydrogens is 338 g/mol. The number of morpholine rings is 1. The van der Waals surface area contributed by atoms with E-state index in [1.165, 1.54) is 22.2 Å². The SMILES string of the molecule is Cl.OCC1CN(CCN2CCOCC2)CCc2c1[nH]c1ccccc21. The fourth-order valence-corrected chi connectivity index (χ4v) is 4.06. The van der Waals surface area contributed by atoms with Crippen LogP contribution in [-0.2, 0) is 11.2 Å². The maximum absolute atomic E-state index is 9.95. The second-order valence-corrected chi connectivity index (χ2v) is 6.95. The molecule has 138 valence electrons. The van der Waals surface area contributed by atoms with Gasteiger partial charge in [0.15, 0.2) is 0 Å². The van der Waals surface area contributed by atoms with E-state index in [2.05, 4.69) is 39.0 Å². The van der Waals surface area contributed by atoms with Crippen LogP contribution in [0.15, 0.2) is 24.3 Å². The molecule has 2 aromatic rings. The Bertz CT molecular complexity index is 684. The van der Waals surface area contributed by atoms with E-state index < -0.39 is 0 Å². The maximum atomic E-state index is 9.95. The van der Waals surface area contributed by atoms with Crippen LogP contribution in [-0.4, -0.2) is 79.0 Å². The highest BCUT2D eigenvalue weighted by Gasteiger charge is 2.26. The zero-order valence-corrected chi connectivity index (χ0v) is 15.4. The number of nitrogens with zero attached hydrogens (tertiary/aromatic N) is 2. The molecule has 1 aromatic heterocycles. The Balaban J connectivity index is 0.00000182. The predicted molar refractivity (Wildman–Crippen MR) is 103 cm³/mol. The van der Waals surface area contributed by atoms with E-state index >= 15 is 0 Å². The number of H-pyrrole nitrogens is 1. The first-order valence-corrected chi connectivity index (χ1v) is 9.08. The van der Waals surface area contributed by atoms with Crippen LogP contribution in [0.5, 0.6) is 0 Å². The molecule has 0 saturated carbocycles. The molecule has 3 heterocycles. The molecule has 0 spiro atoms. The molecule has 1 fully saturated rings.